The molecule has 2 rings (SSSR count). The summed E-state index contributed by atoms with van der Waals surface area (Å²) in [5.74, 6) is 0.613. The van der Waals surface area contributed by atoms with Gasteiger partial charge in [0.1, 0.15) is 0 Å². The van der Waals surface area contributed by atoms with Crippen LogP contribution < -0.4 is 0 Å². The van der Waals surface area contributed by atoms with Gasteiger partial charge in [0.2, 0.25) is 0 Å². The molecule has 78 valence electrons. The second kappa shape index (κ2) is 4.15. The van der Waals surface area contributed by atoms with Crippen LogP contribution in [-0.2, 0) is 6.42 Å². The second-order valence-corrected chi connectivity index (χ2v) is 4.54. The van der Waals surface area contributed by atoms with E-state index in [1.54, 1.807) is 6.20 Å². The standard InChI is InChI=1S/C12H13ClN2/c1-8(2)5-11-4-3-9-6-10(13)7-14-12(9)15-11/h3-4,6-8H,5H2,1-2H3. The Bertz CT molecular complexity index is 480. The lowest BCUT2D eigenvalue weighted by molar-refractivity contribution is 0.636. The number of halogens is 1. The Hall–Kier alpha value is -1.15. The number of hydrogen-bond donors (Lipinski definition) is 0. The number of fused-ring (bicyclic) bond motifs is 1. The SMILES string of the molecule is CC(C)Cc1ccc2cc(Cl)cnc2n1. The molecule has 2 aromatic rings. The second-order valence-electron chi connectivity index (χ2n) is 4.10. The summed E-state index contributed by atoms with van der Waals surface area (Å²) >= 11 is 5.85. The van der Waals surface area contributed by atoms with Crippen molar-refractivity contribution in [2.75, 3.05) is 0 Å². The Balaban J connectivity index is 2.43. The van der Waals surface area contributed by atoms with Crippen LogP contribution in [0.25, 0.3) is 11.0 Å². The zero-order valence-corrected chi connectivity index (χ0v) is 9.62. The van der Waals surface area contributed by atoms with Gasteiger partial charge in [-0.05, 0) is 30.5 Å². The van der Waals surface area contributed by atoms with E-state index in [1.165, 1.54) is 0 Å². The molecular weight excluding hydrogens is 208 g/mol. The van der Waals surface area contributed by atoms with Crippen molar-refractivity contribution in [3.63, 3.8) is 0 Å². The van der Waals surface area contributed by atoms with E-state index in [4.69, 9.17) is 11.6 Å². The van der Waals surface area contributed by atoms with E-state index in [2.05, 4.69) is 23.8 Å². The van der Waals surface area contributed by atoms with Crippen molar-refractivity contribution in [1.82, 2.24) is 9.97 Å². The molecule has 2 heterocycles. The highest BCUT2D eigenvalue weighted by Gasteiger charge is 2.02. The van der Waals surface area contributed by atoms with E-state index in [-0.39, 0.29) is 0 Å². The van der Waals surface area contributed by atoms with Crippen LogP contribution in [0.4, 0.5) is 0 Å². The highest BCUT2D eigenvalue weighted by atomic mass is 35.5. The van der Waals surface area contributed by atoms with Gasteiger partial charge >= 0.3 is 0 Å². The molecule has 15 heavy (non-hydrogen) atoms. The molecular formula is C12H13ClN2. The van der Waals surface area contributed by atoms with E-state index in [0.717, 1.165) is 23.1 Å². The van der Waals surface area contributed by atoms with Crippen LogP contribution in [0.3, 0.4) is 0 Å². The minimum atomic E-state index is 0.613. The third kappa shape index (κ3) is 2.45. The fraction of sp³-hybridized carbons (Fsp3) is 0.333. The van der Waals surface area contributed by atoms with Crippen LogP contribution in [0.2, 0.25) is 5.02 Å². The Morgan fingerprint density at radius 3 is 2.87 bits per heavy atom. The van der Waals surface area contributed by atoms with Gasteiger partial charge in [0.05, 0.1) is 5.02 Å². The summed E-state index contributed by atoms with van der Waals surface area (Å²) in [5, 5.41) is 1.65. The summed E-state index contributed by atoms with van der Waals surface area (Å²) in [6.07, 6.45) is 2.62. The summed E-state index contributed by atoms with van der Waals surface area (Å²) < 4.78 is 0. The Morgan fingerprint density at radius 2 is 2.13 bits per heavy atom. The summed E-state index contributed by atoms with van der Waals surface area (Å²) in [6, 6.07) is 5.95. The molecule has 0 unspecified atom stereocenters. The molecule has 0 saturated heterocycles. The molecule has 0 saturated carbocycles. The zero-order valence-electron chi connectivity index (χ0n) is 8.87. The van der Waals surface area contributed by atoms with Crippen LogP contribution in [0.5, 0.6) is 0 Å². The molecule has 2 aromatic heterocycles. The van der Waals surface area contributed by atoms with Crippen molar-refractivity contribution in [2.45, 2.75) is 20.3 Å². The van der Waals surface area contributed by atoms with Crippen molar-refractivity contribution in [3.05, 3.63) is 35.1 Å². The first-order valence-corrected chi connectivity index (χ1v) is 5.44. The fourth-order valence-electron chi connectivity index (χ4n) is 1.56. The molecule has 0 atom stereocenters. The van der Waals surface area contributed by atoms with Gasteiger partial charge in [0.15, 0.2) is 5.65 Å². The third-order valence-electron chi connectivity index (χ3n) is 2.18. The molecule has 0 aliphatic rings. The van der Waals surface area contributed by atoms with Crippen LogP contribution in [0.1, 0.15) is 19.5 Å². The lowest BCUT2D eigenvalue weighted by Crippen LogP contribution is -1.97. The van der Waals surface area contributed by atoms with Gasteiger partial charge in [-0.1, -0.05) is 25.4 Å². The van der Waals surface area contributed by atoms with Crippen molar-refractivity contribution in [2.24, 2.45) is 5.92 Å². The molecule has 3 heteroatoms. The molecule has 0 amide bonds. The van der Waals surface area contributed by atoms with Crippen LogP contribution in [0, 0.1) is 5.92 Å². The quantitative estimate of drug-likeness (QED) is 0.775. The highest BCUT2D eigenvalue weighted by molar-refractivity contribution is 6.31. The summed E-state index contributed by atoms with van der Waals surface area (Å²) in [5.41, 5.74) is 1.87. The molecule has 0 spiro atoms. The molecule has 0 radical (unpaired) electrons. The van der Waals surface area contributed by atoms with E-state index >= 15 is 0 Å². The zero-order chi connectivity index (χ0) is 10.8. The Labute approximate surface area is 94.3 Å². The topological polar surface area (TPSA) is 25.8 Å². The lowest BCUT2D eigenvalue weighted by Gasteiger charge is -2.04. The monoisotopic (exact) mass is 220 g/mol. The van der Waals surface area contributed by atoms with Gasteiger partial charge in [0, 0.05) is 17.3 Å². The van der Waals surface area contributed by atoms with Crippen LogP contribution >= 0.6 is 11.6 Å². The van der Waals surface area contributed by atoms with E-state index in [0.29, 0.717) is 10.9 Å². The van der Waals surface area contributed by atoms with E-state index < -0.39 is 0 Å². The van der Waals surface area contributed by atoms with E-state index in [1.807, 2.05) is 18.2 Å². The molecule has 0 aliphatic heterocycles. The average molecular weight is 221 g/mol. The fourth-order valence-corrected chi connectivity index (χ4v) is 1.72. The maximum atomic E-state index is 5.85. The van der Waals surface area contributed by atoms with Crippen molar-refractivity contribution in [1.29, 1.82) is 0 Å². The van der Waals surface area contributed by atoms with Gasteiger partial charge in [-0.2, -0.15) is 0 Å². The average Bonchev–Trinajstić information content (AvgIpc) is 2.17. The predicted octanol–water partition coefficient (Wildman–Crippen LogP) is 3.48. The number of nitrogens with zero attached hydrogens (tertiary/aromatic N) is 2. The summed E-state index contributed by atoms with van der Waals surface area (Å²) in [7, 11) is 0. The normalized spacial score (nSPS) is 11.2. The molecule has 0 N–H and O–H groups in total. The van der Waals surface area contributed by atoms with Gasteiger partial charge in [-0.3, -0.25) is 0 Å². The Morgan fingerprint density at radius 1 is 1.33 bits per heavy atom. The lowest BCUT2D eigenvalue weighted by atomic mass is 10.1. The number of rotatable bonds is 2. The van der Waals surface area contributed by atoms with E-state index in [9.17, 15) is 0 Å². The maximum Gasteiger partial charge on any atom is 0.159 e. The molecule has 0 aliphatic carbocycles. The number of aromatic nitrogens is 2. The molecule has 0 bridgehead atoms. The Kier molecular flexibility index (Phi) is 2.87. The molecule has 2 nitrogen and oxygen atoms in total. The number of hydrogen-bond acceptors (Lipinski definition) is 2. The van der Waals surface area contributed by atoms with Crippen molar-refractivity contribution >= 4 is 22.6 Å². The minimum Gasteiger partial charge on any atom is -0.235 e. The third-order valence-corrected chi connectivity index (χ3v) is 2.39. The van der Waals surface area contributed by atoms with Crippen LogP contribution in [0.15, 0.2) is 24.4 Å². The van der Waals surface area contributed by atoms with Gasteiger partial charge in [-0.25, -0.2) is 9.97 Å². The van der Waals surface area contributed by atoms with Crippen molar-refractivity contribution < 1.29 is 0 Å². The number of pyridine rings is 2. The van der Waals surface area contributed by atoms with Gasteiger partial charge in [0.25, 0.3) is 0 Å². The maximum absolute atomic E-state index is 5.85. The largest absolute Gasteiger partial charge is 0.235 e. The highest BCUT2D eigenvalue weighted by Crippen LogP contribution is 2.16. The first kappa shape index (κ1) is 10.4. The minimum absolute atomic E-state index is 0.613. The van der Waals surface area contributed by atoms with Crippen molar-refractivity contribution in [3.8, 4) is 0 Å². The molecule has 0 fully saturated rings. The summed E-state index contributed by atoms with van der Waals surface area (Å²) in [6.45, 7) is 4.36. The smallest absolute Gasteiger partial charge is 0.159 e. The van der Waals surface area contributed by atoms with Gasteiger partial charge < -0.3 is 0 Å². The van der Waals surface area contributed by atoms with Gasteiger partial charge in [-0.15, -0.1) is 0 Å². The predicted molar refractivity (Wildman–Crippen MR) is 63.1 cm³/mol. The van der Waals surface area contributed by atoms with Crippen LogP contribution in [-0.4, -0.2) is 9.97 Å². The summed E-state index contributed by atoms with van der Waals surface area (Å²) in [4.78, 5) is 8.69. The first-order chi connectivity index (χ1) is 7.15. The first-order valence-electron chi connectivity index (χ1n) is 5.06. The molecule has 0 aromatic carbocycles.